The van der Waals surface area contributed by atoms with E-state index in [-0.39, 0.29) is 25.8 Å². The second-order valence-electron chi connectivity index (χ2n) is 3.60. The van der Waals surface area contributed by atoms with E-state index in [9.17, 15) is 0 Å². The number of imidazole rings is 1. The third-order valence-corrected chi connectivity index (χ3v) is 2.57. The summed E-state index contributed by atoms with van der Waals surface area (Å²) in [6.07, 6.45) is 0.872. The molecule has 2 rings (SSSR count). The highest BCUT2D eigenvalue weighted by molar-refractivity contribution is 6.29. The number of aromatic nitrogens is 4. The molecular formula is C9H12N5O3Si. The normalized spacial score (nSPS) is 11.6. The number of aliphatic hydroxyl groups excluding tert-OH is 2. The first-order chi connectivity index (χ1) is 8.65. The second kappa shape index (κ2) is 5.39. The van der Waals surface area contributed by atoms with Gasteiger partial charge in [-0.2, -0.15) is 0 Å². The van der Waals surface area contributed by atoms with Crippen LogP contribution in [0.2, 0.25) is 0 Å². The number of aliphatic hydroxyl groups is 2. The fourth-order valence-electron chi connectivity index (χ4n) is 1.41. The first-order valence-electron chi connectivity index (χ1n) is 5.19. The van der Waals surface area contributed by atoms with Crippen molar-refractivity contribution in [1.82, 2.24) is 19.5 Å². The van der Waals surface area contributed by atoms with Crippen LogP contribution >= 0.6 is 0 Å². The molecule has 0 aliphatic carbocycles. The minimum atomic E-state index is -0.635. The first-order valence-corrected chi connectivity index (χ1v) is 5.69. The smallest absolute Gasteiger partial charge is 0.167 e. The van der Waals surface area contributed by atoms with Gasteiger partial charge in [-0.3, -0.25) is 4.57 Å². The summed E-state index contributed by atoms with van der Waals surface area (Å²) in [6.45, 7) is -0.419. The van der Waals surface area contributed by atoms with Crippen LogP contribution in [0.25, 0.3) is 11.2 Å². The molecule has 0 aliphatic heterocycles. The van der Waals surface area contributed by atoms with E-state index in [1.807, 2.05) is 0 Å². The molecule has 2 aromatic heterocycles. The minimum Gasteiger partial charge on any atom is -0.394 e. The van der Waals surface area contributed by atoms with E-state index >= 15 is 0 Å². The van der Waals surface area contributed by atoms with Gasteiger partial charge in [-0.25, -0.2) is 15.0 Å². The maximum absolute atomic E-state index is 8.89. The molecule has 0 spiro atoms. The Bertz CT molecular complexity index is 542. The largest absolute Gasteiger partial charge is 0.394 e. The predicted molar refractivity (Wildman–Crippen MR) is 64.2 cm³/mol. The Morgan fingerprint density at radius 3 is 2.78 bits per heavy atom. The Labute approximate surface area is 106 Å². The predicted octanol–water partition coefficient (Wildman–Crippen LogP) is -2.47. The van der Waals surface area contributed by atoms with Crippen molar-refractivity contribution in [2.75, 3.05) is 18.9 Å². The van der Waals surface area contributed by atoms with Gasteiger partial charge in [0.15, 0.2) is 11.5 Å². The molecule has 8 nitrogen and oxygen atoms in total. The maximum Gasteiger partial charge on any atom is 0.167 e. The topological polar surface area (TPSA) is 119 Å². The van der Waals surface area contributed by atoms with Crippen LogP contribution in [0, 0.1) is 0 Å². The molecule has 0 bridgehead atoms. The van der Waals surface area contributed by atoms with Gasteiger partial charge in [0.05, 0.1) is 19.5 Å². The van der Waals surface area contributed by atoms with Crippen molar-refractivity contribution in [3.8, 4) is 0 Å². The van der Waals surface area contributed by atoms with E-state index in [1.165, 1.54) is 6.33 Å². The van der Waals surface area contributed by atoms with Gasteiger partial charge < -0.3 is 20.7 Å². The van der Waals surface area contributed by atoms with Gasteiger partial charge >= 0.3 is 0 Å². The molecule has 95 valence electrons. The molecule has 0 aromatic carbocycles. The number of nitrogens with two attached hydrogens (primary N) is 1. The van der Waals surface area contributed by atoms with Crippen molar-refractivity contribution in [3.63, 3.8) is 0 Å². The molecular weight excluding hydrogens is 254 g/mol. The summed E-state index contributed by atoms with van der Waals surface area (Å²) in [7, 11) is 3.20. The highest BCUT2D eigenvalue weighted by atomic mass is 28.1. The van der Waals surface area contributed by atoms with Crippen LogP contribution in [-0.2, 0) is 11.5 Å². The highest BCUT2D eigenvalue weighted by Gasteiger charge is 2.11. The van der Waals surface area contributed by atoms with Gasteiger partial charge in [0.1, 0.15) is 34.0 Å². The summed E-state index contributed by atoms with van der Waals surface area (Å²) < 4.78 is 6.89. The number of hydrogen-bond acceptors (Lipinski definition) is 7. The zero-order chi connectivity index (χ0) is 13.1. The van der Waals surface area contributed by atoms with Crippen molar-refractivity contribution in [2.24, 2.45) is 0 Å². The molecule has 0 aliphatic rings. The molecule has 0 fully saturated rings. The Morgan fingerprint density at radius 2 is 2.11 bits per heavy atom. The van der Waals surface area contributed by atoms with E-state index in [2.05, 4.69) is 25.2 Å². The summed E-state index contributed by atoms with van der Waals surface area (Å²) in [4.78, 5) is 12.1. The molecule has 0 saturated heterocycles. The van der Waals surface area contributed by atoms with E-state index in [0.29, 0.717) is 16.6 Å². The molecule has 9 heteroatoms. The monoisotopic (exact) mass is 266 g/mol. The van der Waals surface area contributed by atoms with Crippen molar-refractivity contribution in [1.29, 1.82) is 0 Å². The molecule has 0 atom stereocenters. The zero-order valence-corrected chi connectivity index (χ0v) is 10.4. The molecule has 0 unspecified atom stereocenters. The standard InChI is InChI=1S/C9H12N5O3Si/c10-7-6-8(13-9(18)12-7)14(3-11-6)4-17-5(1-15)2-16/h3,5,15-16H,1-2,4H2,(H2,10,12,13). The lowest BCUT2D eigenvalue weighted by molar-refractivity contribution is -0.0488. The van der Waals surface area contributed by atoms with Gasteiger partial charge in [0.25, 0.3) is 0 Å². The summed E-state index contributed by atoms with van der Waals surface area (Å²) >= 11 is 0. The van der Waals surface area contributed by atoms with E-state index in [1.54, 1.807) is 4.57 Å². The third kappa shape index (κ3) is 2.48. The van der Waals surface area contributed by atoms with Crippen LogP contribution in [0.1, 0.15) is 0 Å². The van der Waals surface area contributed by atoms with Crippen molar-refractivity contribution >= 4 is 32.7 Å². The lowest BCUT2D eigenvalue weighted by atomic mass is 10.4. The van der Waals surface area contributed by atoms with Crippen LogP contribution in [0.3, 0.4) is 0 Å². The molecule has 18 heavy (non-hydrogen) atoms. The number of anilines is 1. The Hall–Kier alpha value is -1.55. The van der Waals surface area contributed by atoms with Gasteiger partial charge in [-0.1, -0.05) is 0 Å². The fourth-order valence-corrected chi connectivity index (χ4v) is 1.64. The number of nitrogen functional groups attached to an aromatic ring is 1. The fraction of sp³-hybridized carbons (Fsp3) is 0.444. The Kier molecular flexibility index (Phi) is 3.86. The SMILES string of the molecule is Nc1nc([Si])nc2c1ncn2COC(CO)CO. The number of fused-ring (bicyclic) bond motifs is 1. The minimum absolute atomic E-state index is 0.102. The van der Waals surface area contributed by atoms with Crippen LogP contribution in [-0.4, -0.2) is 59.3 Å². The molecule has 2 aromatic rings. The molecule has 4 N–H and O–H groups in total. The van der Waals surface area contributed by atoms with Crippen molar-refractivity contribution in [2.45, 2.75) is 12.8 Å². The molecule has 2 heterocycles. The molecule has 3 radical (unpaired) electrons. The first kappa shape index (κ1) is 12.9. The summed E-state index contributed by atoms with van der Waals surface area (Å²) in [5, 5.41) is 17.8. The van der Waals surface area contributed by atoms with Crippen molar-refractivity contribution in [3.05, 3.63) is 6.33 Å². The lowest BCUT2D eigenvalue weighted by Crippen LogP contribution is -2.23. The Balaban J connectivity index is 2.24. The van der Waals surface area contributed by atoms with Gasteiger partial charge in [0, 0.05) is 0 Å². The van der Waals surface area contributed by atoms with Gasteiger partial charge in [-0.15, -0.1) is 0 Å². The van der Waals surface area contributed by atoms with Crippen molar-refractivity contribution < 1.29 is 14.9 Å². The lowest BCUT2D eigenvalue weighted by Gasteiger charge is -2.13. The highest BCUT2D eigenvalue weighted by Crippen LogP contribution is 2.13. The van der Waals surface area contributed by atoms with Crippen LogP contribution < -0.4 is 11.2 Å². The van der Waals surface area contributed by atoms with E-state index in [0.717, 1.165) is 0 Å². The van der Waals surface area contributed by atoms with E-state index < -0.39 is 6.10 Å². The van der Waals surface area contributed by atoms with Gasteiger partial charge in [-0.05, 0) is 0 Å². The average Bonchev–Trinajstić information content (AvgIpc) is 2.74. The number of ether oxygens (including phenoxy) is 1. The third-order valence-electron chi connectivity index (χ3n) is 2.35. The molecule has 0 saturated carbocycles. The van der Waals surface area contributed by atoms with Crippen LogP contribution in [0.5, 0.6) is 0 Å². The Morgan fingerprint density at radius 1 is 1.39 bits per heavy atom. The quantitative estimate of drug-likeness (QED) is 0.513. The van der Waals surface area contributed by atoms with Crippen LogP contribution in [0.15, 0.2) is 6.33 Å². The summed E-state index contributed by atoms with van der Waals surface area (Å²) in [5.41, 5.74) is 7.04. The van der Waals surface area contributed by atoms with E-state index in [4.69, 9.17) is 20.7 Å². The van der Waals surface area contributed by atoms with Gasteiger partial charge in [0.2, 0.25) is 0 Å². The second-order valence-corrected chi connectivity index (χ2v) is 4.05. The number of nitrogens with zero attached hydrogens (tertiary/aromatic N) is 4. The average molecular weight is 266 g/mol. The summed E-state index contributed by atoms with van der Waals surface area (Å²) in [6, 6.07) is 0. The number of rotatable bonds is 5. The molecule has 0 amide bonds. The zero-order valence-electron chi connectivity index (χ0n) is 9.44. The summed E-state index contributed by atoms with van der Waals surface area (Å²) in [5.74, 6) is 0.268. The maximum atomic E-state index is 8.89. The number of hydrogen-bond donors (Lipinski definition) is 3. The van der Waals surface area contributed by atoms with Crippen LogP contribution in [0.4, 0.5) is 5.82 Å².